The molecule has 122 valence electrons. The molecule has 1 heterocycles. The summed E-state index contributed by atoms with van der Waals surface area (Å²) >= 11 is 0. The summed E-state index contributed by atoms with van der Waals surface area (Å²) in [5.41, 5.74) is 2.05. The summed E-state index contributed by atoms with van der Waals surface area (Å²) in [4.78, 5) is 16.3. The van der Waals surface area contributed by atoms with E-state index in [4.69, 9.17) is 0 Å². The van der Waals surface area contributed by atoms with E-state index in [-0.39, 0.29) is 30.7 Å². The molecule has 0 unspecified atom stereocenters. The largest absolute Gasteiger partial charge is 0.348 e. The standard InChI is InChI=1S/C15H20N4O.2ClH/c1-19-13-5-3-2-4-12(13)18-14(19)9-17-15(20)10-16-8-11-6-7-11;;/h2-5,11,16H,6-10H2,1H3,(H,17,20);2*1H. The second kappa shape index (κ2) is 8.36. The highest BCUT2D eigenvalue weighted by atomic mass is 35.5. The summed E-state index contributed by atoms with van der Waals surface area (Å²) in [6.07, 6.45) is 2.60. The highest BCUT2D eigenvalue weighted by Gasteiger charge is 2.20. The Bertz CT molecular complexity index is 625. The van der Waals surface area contributed by atoms with Gasteiger partial charge in [0.25, 0.3) is 0 Å². The Morgan fingerprint density at radius 3 is 2.73 bits per heavy atom. The van der Waals surface area contributed by atoms with Crippen LogP contribution >= 0.6 is 24.8 Å². The molecule has 2 aromatic rings. The number of carbonyl (C=O) groups is 1. The summed E-state index contributed by atoms with van der Waals surface area (Å²) < 4.78 is 2.02. The average molecular weight is 345 g/mol. The van der Waals surface area contributed by atoms with Gasteiger partial charge < -0.3 is 15.2 Å². The summed E-state index contributed by atoms with van der Waals surface area (Å²) in [5.74, 6) is 1.70. The lowest BCUT2D eigenvalue weighted by Crippen LogP contribution is -2.34. The first-order valence-electron chi connectivity index (χ1n) is 7.12. The van der Waals surface area contributed by atoms with Gasteiger partial charge in [-0.15, -0.1) is 24.8 Å². The van der Waals surface area contributed by atoms with Crippen molar-refractivity contribution in [3.05, 3.63) is 30.1 Å². The van der Waals surface area contributed by atoms with Crippen molar-refractivity contribution in [2.75, 3.05) is 13.1 Å². The fourth-order valence-corrected chi connectivity index (χ4v) is 2.31. The van der Waals surface area contributed by atoms with Crippen LogP contribution in [-0.2, 0) is 18.4 Å². The van der Waals surface area contributed by atoms with Gasteiger partial charge in [-0.25, -0.2) is 4.98 Å². The van der Waals surface area contributed by atoms with E-state index in [1.807, 2.05) is 35.9 Å². The van der Waals surface area contributed by atoms with E-state index >= 15 is 0 Å². The Kier molecular flexibility index (Phi) is 7.13. The molecule has 0 radical (unpaired) electrons. The lowest BCUT2D eigenvalue weighted by Gasteiger charge is -2.06. The molecule has 0 spiro atoms. The topological polar surface area (TPSA) is 59.0 Å². The molecule has 1 fully saturated rings. The minimum atomic E-state index is 0. The van der Waals surface area contributed by atoms with Crippen molar-refractivity contribution in [1.82, 2.24) is 20.2 Å². The van der Waals surface area contributed by atoms with Gasteiger partial charge in [0, 0.05) is 7.05 Å². The van der Waals surface area contributed by atoms with Crippen molar-refractivity contribution < 1.29 is 4.79 Å². The number of rotatable bonds is 6. The molecular formula is C15H22Cl2N4O. The van der Waals surface area contributed by atoms with Crippen molar-refractivity contribution >= 4 is 41.8 Å². The van der Waals surface area contributed by atoms with Gasteiger partial charge in [-0.2, -0.15) is 0 Å². The van der Waals surface area contributed by atoms with Crippen LogP contribution in [0.2, 0.25) is 0 Å². The number of amides is 1. The number of halogens is 2. The Balaban J connectivity index is 0.00000121. The number of nitrogens with zero attached hydrogens (tertiary/aromatic N) is 2. The Labute approximate surface area is 142 Å². The van der Waals surface area contributed by atoms with E-state index in [1.165, 1.54) is 12.8 Å². The van der Waals surface area contributed by atoms with Crippen molar-refractivity contribution in [1.29, 1.82) is 0 Å². The van der Waals surface area contributed by atoms with Crippen molar-refractivity contribution in [2.45, 2.75) is 19.4 Å². The van der Waals surface area contributed by atoms with Gasteiger partial charge in [0.1, 0.15) is 5.82 Å². The fraction of sp³-hybridized carbons (Fsp3) is 0.467. The molecule has 0 atom stereocenters. The van der Waals surface area contributed by atoms with Gasteiger partial charge in [0.05, 0.1) is 24.1 Å². The Morgan fingerprint density at radius 2 is 2.05 bits per heavy atom. The van der Waals surface area contributed by atoms with Crippen LogP contribution in [0.25, 0.3) is 11.0 Å². The van der Waals surface area contributed by atoms with E-state index in [1.54, 1.807) is 0 Å². The van der Waals surface area contributed by atoms with Crippen molar-refractivity contribution in [3.8, 4) is 0 Å². The summed E-state index contributed by atoms with van der Waals surface area (Å²) in [6.45, 7) is 1.81. The van der Waals surface area contributed by atoms with E-state index < -0.39 is 0 Å². The van der Waals surface area contributed by atoms with Crippen LogP contribution in [0.3, 0.4) is 0 Å². The predicted molar refractivity (Wildman–Crippen MR) is 92.7 cm³/mol. The minimum absolute atomic E-state index is 0. The zero-order valence-corrected chi connectivity index (χ0v) is 14.2. The SMILES string of the molecule is Cl.Cl.Cn1c(CNC(=O)CNCC2CC2)nc2ccccc21. The van der Waals surface area contributed by atoms with Gasteiger partial charge in [-0.1, -0.05) is 12.1 Å². The number of hydrogen-bond acceptors (Lipinski definition) is 3. The molecule has 1 aliphatic rings. The number of hydrogen-bond donors (Lipinski definition) is 2. The van der Waals surface area contributed by atoms with E-state index in [9.17, 15) is 4.79 Å². The molecule has 0 saturated heterocycles. The number of para-hydroxylation sites is 2. The zero-order valence-electron chi connectivity index (χ0n) is 12.5. The monoisotopic (exact) mass is 344 g/mol. The maximum atomic E-state index is 11.7. The molecule has 7 heteroatoms. The van der Waals surface area contributed by atoms with Crippen LogP contribution in [-0.4, -0.2) is 28.5 Å². The first-order chi connectivity index (χ1) is 9.74. The molecule has 1 aliphatic carbocycles. The van der Waals surface area contributed by atoms with E-state index in [2.05, 4.69) is 15.6 Å². The van der Waals surface area contributed by atoms with E-state index in [0.29, 0.717) is 13.1 Å². The number of benzene rings is 1. The lowest BCUT2D eigenvalue weighted by atomic mass is 10.3. The minimum Gasteiger partial charge on any atom is -0.348 e. The number of aryl methyl sites for hydroxylation is 1. The van der Waals surface area contributed by atoms with E-state index in [0.717, 1.165) is 29.3 Å². The van der Waals surface area contributed by atoms with Crippen LogP contribution < -0.4 is 10.6 Å². The number of aromatic nitrogens is 2. The number of nitrogens with one attached hydrogen (secondary N) is 2. The molecule has 1 aromatic heterocycles. The van der Waals surface area contributed by atoms with Crippen LogP contribution in [0, 0.1) is 5.92 Å². The van der Waals surface area contributed by atoms with Crippen LogP contribution in [0.15, 0.2) is 24.3 Å². The smallest absolute Gasteiger partial charge is 0.234 e. The van der Waals surface area contributed by atoms with Gasteiger partial charge in [-0.3, -0.25) is 4.79 Å². The zero-order chi connectivity index (χ0) is 13.9. The van der Waals surface area contributed by atoms with Crippen LogP contribution in [0.1, 0.15) is 18.7 Å². The van der Waals surface area contributed by atoms with Gasteiger partial charge in [-0.05, 0) is 37.4 Å². The second-order valence-electron chi connectivity index (χ2n) is 5.43. The summed E-state index contributed by atoms with van der Waals surface area (Å²) in [6, 6.07) is 7.98. The molecule has 0 aliphatic heterocycles. The molecular weight excluding hydrogens is 323 g/mol. The molecule has 2 N–H and O–H groups in total. The summed E-state index contributed by atoms with van der Waals surface area (Å²) in [5, 5.41) is 6.10. The Morgan fingerprint density at radius 1 is 1.32 bits per heavy atom. The lowest BCUT2D eigenvalue weighted by molar-refractivity contribution is -0.120. The Hall–Kier alpha value is -1.30. The molecule has 3 rings (SSSR count). The third-order valence-electron chi connectivity index (χ3n) is 3.74. The van der Waals surface area contributed by atoms with Crippen molar-refractivity contribution in [2.24, 2.45) is 13.0 Å². The van der Waals surface area contributed by atoms with Gasteiger partial charge >= 0.3 is 0 Å². The molecule has 1 amide bonds. The number of imidazole rings is 1. The molecule has 1 saturated carbocycles. The predicted octanol–water partition coefficient (Wildman–Crippen LogP) is 2.03. The number of fused-ring (bicyclic) bond motifs is 1. The highest BCUT2D eigenvalue weighted by Crippen LogP contribution is 2.27. The van der Waals surface area contributed by atoms with Gasteiger partial charge in [0.15, 0.2) is 0 Å². The third kappa shape index (κ3) is 4.60. The number of carbonyl (C=O) groups excluding carboxylic acids is 1. The second-order valence-corrected chi connectivity index (χ2v) is 5.43. The molecule has 5 nitrogen and oxygen atoms in total. The summed E-state index contributed by atoms with van der Waals surface area (Å²) in [7, 11) is 1.97. The molecule has 1 aromatic carbocycles. The maximum Gasteiger partial charge on any atom is 0.234 e. The van der Waals surface area contributed by atoms with Crippen LogP contribution in [0.5, 0.6) is 0 Å². The third-order valence-corrected chi connectivity index (χ3v) is 3.74. The molecule has 0 bridgehead atoms. The normalized spacial score (nSPS) is 13.3. The fourth-order valence-electron chi connectivity index (χ4n) is 2.31. The molecule has 22 heavy (non-hydrogen) atoms. The average Bonchev–Trinajstić information content (AvgIpc) is 3.22. The quantitative estimate of drug-likeness (QED) is 0.842. The maximum absolute atomic E-state index is 11.7. The van der Waals surface area contributed by atoms with Gasteiger partial charge in [0.2, 0.25) is 5.91 Å². The van der Waals surface area contributed by atoms with Crippen molar-refractivity contribution in [3.63, 3.8) is 0 Å². The first-order valence-corrected chi connectivity index (χ1v) is 7.12. The van der Waals surface area contributed by atoms with Crippen LogP contribution in [0.4, 0.5) is 0 Å². The highest BCUT2D eigenvalue weighted by molar-refractivity contribution is 5.85. The first kappa shape index (κ1) is 18.7.